The highest BCUT2D eigenvalue weighted by Crippen LogP contribution is 2.16. The molecule has 0 aliphatic carbocycles. The summed E-state index contributed by atoms with van der Waals surface area (Å²) < 4.78 is 11.5. The molecule has 8 heteroatoms. The van der Waals surface area contributed by atoms with Gasteiger partial charge in [-0.1, -0.05) is 10.8 Å². The molecule has 0 saturated carbocycles. The minimum atomic E-state index is -0.270. The molecule has 1 aliphatic rings. The molecule has 1 saturated heterocycles. The fourth-order valence-electron chi connectivity index (χ4n) is 2.60. The van der Waals surface area contributed by atoms with Crippen molar-refractivity contribution in [1.29, 1.82) is 0 Å². The molecule has 3 rings (SSSR count). The topological polar surface area (TPSA) is 65.8 Å². The highest BCUT2D eigenvalue weighted by atomic mass is 35.5. The molecule has 1 aromatic heterocycles. The number of aromatic nitrogens is 2. The van der Waals surface area contributed by atoms with Crippen LogP contribution >= 0.6 is 12.4 Å². The van der Waals surface area contributed by atoms with E-state index in [1.54, 1.807) is 0 Å². The fourth-order valence-corrected chi connectivity index (χ4v) is 2.60. The van der Waals surface area contributed by atoms with E-state index < -0.39 is 0 Å². The van der Waals surface area contributed by atoms with Gasteiger partial charge in [-0.15, -0.1) is 12.4 Å². The number of hydrogen-bond acceptors (Lipinski definition) is 6. The van der Waals surface area contributed by atoms with Crippen LogP contribution in [0.1, 0.15) is 5.56 Å². The van der Waals surface area contributed by atoms with Gasteiger partial charge < -0.3 is 14.3 Å². The molecule has 0 amide bonds. The predicted molar refractivity (Wildman–Crippen MR) is 88.4 cm³/mol. The fraction of sp³-hybridized carbons (Fsp3) is 0.467. The lowest BCUT2D eigenvalue weighted by atomic mass is 10.1. The van der Waals surface area contributed by atoms with Gasteiger partial charge >= 0.3 is 6.01 Å². The van der Waals surface area contributed by atoms with Gasteiger partial charge in [0, 0.05) is 19.6 Å². The summed E-state index contributed by atoms with van der Waals surface area (Å²) in [6, 6.07) is 5.84. The first-order valence-electron chi connectivity index (χ1n) is 7.17. The van der Waals surface area contributed by atoms with Crippen molar-refractivity contribution in [2.75, 3.05) is 40.5 Å². The van der Waals surface area contributed by atoms with E-state index in [1.165, 1.54) is 14.2 Å². The smallest absolute Gasteiger partial charge is 0.334 e. The van der Waals surface area contributed by atoms with Crippen LogP contribution in [0.25, 0.3) is 10.9 Å². The number of methoxy groups -OCH3 is 1. The van der Waals surface area contributed by atoms with Crippen molar-refractivity contribution in [3.05, 3.63) is 34.1 Å². The van der Waals surface area contributed by atoms with Gasteiger partial charge in [0.1, 0.15) is 7.11 Å². The molecule has 1 fully saturated rings. The maximum atomic E-state index is 12.5. The monoisotopic (exact) mass is 341 g/mol. The Morgan fingerprint density at radius 1 is 1.26 bits per heavy atom. The van der Waals surface area contributed by atoms with E-state index >= 15 is 0 Å². The van der Waals surface area contributed by atoms with Crippen molar-refractivity contribution in [1.82, 2.24) is 14.6 Å². The molecule has 1 aliphatic heterocycles. The first kappa shape index (κ1) is 17.5. The number of benzene rings is 1. The number of ether oxygens (including phenoxy) is 2. The van der Waals surface area contributed by atoms with E-state index in [0.717, 1.165) is 43.1 Å². The first-order chi connectivity index (χ1) is 10.7. The lowest BCUT2D eigenvalue weighted by Crippen LogP contribution is -2.35. The second kappa shape index (κ2) is 7.63. The molecule has 0 radical (unpaired) electrons. The molecule has 1 aromatic carbocycles. The molecule has 0 unspecified atom stereocenters. The van der Waals surface area contributed by atoms with E-state index in [9.17, 15) is 4.79 Å². The normalized spacial score (nSPS) is 15.2. The molecule has 0 atom stereocenters. The molecule has 7 nitrogen and oxygen atoms in total. The summed E-state index contributed by atoms with van der Waals surface area (Å²) in [6.07, 6.45) is 0. The van der Waals surface area contributed by atoms with Crippen molar-refractivity contribution in [3.8, 4) is 6.01 Å². The summed E-state index contributed by atoms with van der Waals surface area (Å²) in [7, 11) is 2.87. The van der Waals surface area contributed by atoms with Crippen LogP contribution in [0.4, 0.5) is 0 Å². The van der Waals surface area contributed by atoms with E-state index in [1.807, 2.05) is 18.2 Å². The molecule has 2 aromatic rings. The van der Waals surface area contributed by atoms with Gasteiger partial charge in [0.05, 0.1) is 31.2 Å². The summed E-state index contributed by atoms with van der Waals surface area (Å²) in [6.45, 7) is 4.10. The summed E-state index contributed by atoms with van der Waals surface area (Å²) in [5.74, 6) is 0. The van der Waals surface area contributed by atoms with Gasteiger partial charge in [-0.3, -0.25) is 9.69 Å². The van der Waals surface area contributed by atoms with E-state index in [-0.39, 0.29) is 24.0 Å². The number of halogens is 1. The standard InChI is InChI=1S/C15H19N3O4.ClH/c1-20-15-16-13-4-3-11(10-17-5-7-22-8-6-17)9-12(13)14(19)18(15)21-2;/h3-4,9H,5-8,10H2,1-2H3;1H. The van der Waals surface area contributed by atoms with Crippen molar-refractivity contribution < 1.29 is 14.3 Å². The molecule has 0 spiro atoms. The van der Waals surface area contributed by atoms with Crippen molar-refractivity contribution in [3.63, 3.8) is 0 Å². The Bertz CT molecular complexity index is 728. The highest BCUT2D eigenvalue weighted by Gasteiger charge is 2.14. The van der Waals surface area contributed by atoms with Crippen LogP contribution in [-0.4, -0.2) is 55.1 Å². The predicted octanol–water partition coefficient (Wildman–Crippen LogP) is 0.717. The van der Waals surface area contributed by atoms with E-state index in [2.05, 4.69) is 9.88 Å². The van der Waals surface area contributed by atoms with Crippen molar-refractivity contribution in [2.45, 2.75) is 6.54 Å². The number of fused-ring (bicyclic) bond motifs is 1. The van der Waals surface area contributed by atoms with Gasteiger partial charge in [0.15, 0.2) is 0 Å². The second-order valence-corrected chi connectivity index (χ2v) is 5.12. The van der Waals surface area contributed by atoms with Crippen molar-refractivity contribution in [2.24, 2.45) is 0 Å². The van der Waals surface area contributed by atoms with Crippen LogP contribution in [0.3, 0.4) is 0 Å². The molecule has 0 bridgehead atoms. The minimum absolute atomic E-state index is 0. The van der Waals surface area contributed by atoms with Gasteiger partial charge in [0.2, 0.25) is 0 Å². The van der Waals surface area contributed by atoms with Crippen LogP contribution in [0.5, 0.6) is 6.01 Å². The lowest BCUT2D eigenvalue weighted by molar-refractivity contribution is 0.0342. The zero-order chi connectivity index (χ0) is 15.5. The third-order valence-electron chi connectivity index (χ3n) is 3.74. The number of rotatable bonds is 4. The molecular weight excluding hydrogens is 322 g/mol. The summed E-state index contributed by atoms with van der Waals surface area (Å²) >= 11 is 0. The van der Waals surface area contributed by atoms with Crippen molar-refractivity contribution >= 4 is 23.3 Å². The van der Waals surface area contributed by atoms with Gasteiger partial charge in [-0.25, -0.2) is 0 Å². The molecule has 126 valence electrons. The molecule has 0 N–H and O–H groups in total. The van der Waals surface area contributed by atoms with Crippen LogP contribution in [0.2, 0.25) is 0 Å². The maximum Gasteiger partial charge on any atom is 0.334 e. The largest absolute Gasteiger partial charge is 0.466 e. The Morgan fingerprint density at radius 2 is 2.00 bits per heavy atom. The third kappa shape index (κ3) is 3.57. The summed E-state index contributed by atoms with van der Waals surface area (Å²) in [4.78, 5) is 24.1. The van der Waals surface area contributed by atoms with Gasteiger partial charge in [-0.2, -0.15) is 4.98 Å². The van der Waals surface area contributed by atoms with Gasteiger partial charge in [0.25, 0.3) is 5.56 Å². The average Bonchev–Trinajstić information content (AvgIpc) is 2.56. The Kier molecular flexibility index (Phi) is 5.81. The number of hydrogen-bond donors (Lipinski definition) is 0. The van der Waals surface area contributed by atoms with E-state index in [4.69, 9.17) is 14.3 Å². The summed E-state index contributed by atoms with van der Waals surface area (Å²) in [5.41, 5.74) is 1.40. The summed E-state index contributed by atoms with van der Waals surface area (Å²) in [5, 5.41) is 0.522. The molecule has 2 heterocycles. The Morgan fingerprint density at radius 3 is 2.65 bits per heavy atom. The van der Waals surface area contributed by atoms with E-state index in [0.29, 0.717) is 10.9 Å². The molecule has 23 heavy (non-hydrogen) atoms. The lowest BCUT2D eigenvalue weighted by Gasteiger charge is -2.26. The average molecular weight is 342 g/mol. The molecular formula is C15H20ClN3O4. The van der Waals surface area contributed by atoms with Crippen LogP contribution in [0.15, 0.2) is 23.0 Å². The zero-order valence-corrected chi connectivity index (χ0v) is 14.0. The van der Waals surface area contributed by atoms with Gasteiger partial charge in [-0.05, 0) is 17.7 Å². The van der Waals surface area contributed by atoms with Crippen LogP contribution in [-0.2, 0) is 11.3 Å². The minimum Gasteiger partial charge on any atom is -0.466 e. The first-order valence-corrected chi connectivity index (χ1v) is 7.17. The maximum absolute atomic E-state index is 12.5. The van der Waals surface area contributed by atoms with Crippen LogP contribution < -0.4 is 15.1 Å². The van der Waals surface area contributed by atoms with Crippen LogP contribution in [0, 0.1) is 0 Å². The number of morpholine rings is 1. The zero-order valence-electron chi connectivity index (χ0n) is 13.2. The third-order valence-corrected chi connectivity index (χ3v) is 3.74. The number of nitrogens with zero attached hydrogens (tertiary/aromatic N) is 3. The Labute approximate surface area is 140 Å². The second-order valence-electron chi connectivity index (χ2n) is 5.12. The quantitative estimate of drug-likeness (QED) is 0.816. The Balaban J connectivity index is 0.00000192. The Hall–Kier alpha value is -1.83. The SMILES string of the molecule is COc1nc2ccc(CN3CCOCC3)cc2c(=O)n1OC.Cl. The highest BCUT2D eigenvalue weighted by molar-refractivity contribution is 5.85.